The van der Waals surface area contributed by atoms with E-state index in [2.05, 4.69) is 0 Å². The monoisotopic (exact) mass is 206 g/mol. The maximum atomic E-state index is 10.8. The third kappa shape index (κ3) is 3.57. The summed E-state index contributed by atoms with van der Waals surface area (Å²) in [7, 11) is 0. The number of hydrogen-bond donors (Lipinski definition) is 2. The molecule has 1 aromatic carbocycles. The van der Waals surface area contributed by atoms with Crippen molar-refractivity contribution >= 4 is 5.97 Å². The number of phenols is 2. The fourth-order valence-corrected chi connectivity index (χ4v) is 0.770. The van der Waals surface area contributed by atoms with Crippen LogP contribution in [0.3, 0.4) is 0 Å². The minimum Gasteiger partial charge on any atom is -1.00 e. The van der Waals surface area contributed by atoms with Crippen molar-refractivity contribution in [3.8, 4) is 17.2 Å². The van der Waals surface area contributed by atoms with Crippen LogP contribution in [0.4, 0.5) is 0 Å². The number of carbonyl (C=O) groups excluding carboxylic acids is 1. The summed E-state index contributed by atoms with van der Waals surface area (Å²) >= 11 is 0. The molecule has 5 heteroatoms. The number of ether oxygens (including phenoxy) is 1. The van der Waals surface area contributed by atoms with Gasteiger partial charge in [-0.3, -0.25) is 4.79 Å². The minimum atomic E-state index is -0.384. The van der Waals surface area contributed by atoms with Crippen molar-refractivity contribution in [3.63, 3.8) is 0 Å². The zero-order chi connectivity index (χ0) is 9.84. The van der Waals surface area contributed by atoms with Crippen molar-refractivity contribution in [1.29, 1.82) is 0 Å². The van der Waals surface area contributed by atoms with Crippen LogP contribution in [0.25, 0.3) is 0 Å². The van der Waals surface area contributed by atoms with E-state index < -0.39 is 0 Å². The van der Waals surface area contributed by atoms with Gasteiger partial charge in [-0.15, -0.1) is 0 Å². The Kier molecular flexibility index (Phi) is 5.60. The van der Waals surface area contributed by atoms with Gasteiger partial charge in [0.2, 0.25) is 0 Å². The molecule has 4 nitrogen and oxygen atoms in total. The van der Waals surface area contributed by atoms with E-state index in [1.807, 2.05) is 0 Å². The van der Waals surface area contributed by atoms with Gasteiger partial charge in [0.15, 0.2) is 11.5 Å². The SMILES string of the molecule is CCC(=O)Oc1ccc(O)c(O)c1.[H-].[Na+]. The maximum absolute atomic E-state index is 10.8. The maximum Gasteiger partial charge on any atom is 1.00 e. The van der Waals surface area contributed by atoms with E-state index >= 15 is 0 Å². The second-order valence-electron chi connectivity index (χ2n) is 2.48. The molecule has 0 saturated carbocycles. The van der Waals surface area contributed by atoms with Crippen molar-refractivity contribution in [2.45, 2.75) is 13.3 Å². The molecule has 0 heterocycles. The smallest absolute Gasteiger partial charge is 1.00 e. The molecule has 0 radical (unpaired) electrons. The molecule has 0 fully saturated rings. The summed E-state index contributed by atoms with van der Waals surface area (Å²) in [6.45, 7) is 1.67. The van der Waals surface area contributed by atoms with Gasteiger partial charge in [0, 0.05) is 12.5 Å². The molecule has 0 unspecified atom stereocenters. The van der Waals surface area contributed by atoms with Crippen molar-refractivity contribution in [2.24, 2.45) is 0 Å². The molecule has 0 spiro atoms. The van der Waals surface area contributed by atoms with Gasteiger partial charge in [-0.2, -0.15) is 0 Å². The summed E-state index contributed by atoms with van der Waals surface area (Å²) < 4.78 is 4.79. The molecular weight excluding hydrogens is 195 g/mol. The van der Waals surface area contributed by atoms with Crippen LogP contribution in [0.5, 0.6) is 17.2 Å². The summed E-state index contributed by atoms with van der Waals surface area (Å²) in [6, 6.07) is 3.85. The van der Waals surface area contributed by atoms with Gasteiger partial charge < -0.3 is 16.4 Å². The third-order valence-electron chi connectivity index (χ3n) is 1.47. The molecule has 0 saturated heterocycles. The zero-order valence-corrected chi connectivity index (χ0v) is 10.2. The standard InChI is InChI=1S/C9H10O4.Na.H/c1-2-9(12)13-6-3-4-7(10)8(11)5-6;;/h3-5,10-11H,2H2,1H3;;/q;+1;-1. The summed E-state index contributed by atoms with van der Waals surface area (Å²) in [5.41, 5.74) is 0. The quantitative estimate of drug-likeness (QED) is 0.268. The molecule has 0 aliphatic rings. The fourth-order valence-electron chi connectivity index (χ4n) is 0.770. The number of rotatable bonds is 2. The molecule has 1 aromatic rings. The Morgan fingerprint density at radius 1 is 1.43 bits per heavy atom. The van der Waals surface area contributed by atoms with E-state index in [0.29, 0.717) is 0 Å². The first-order chi connectivity index (χ1) is 6.13. The number of aromatic hydroxyl groups is 2. The number of benzene rings is 1. The minimum absolute atomic E-state index is 0. The third-order valence-corrected chi connectivity index (χ3v) is 1.47. The van der Waals surface area contributed by atoms with Crippen LogP contribution < -0.4 is 34.3 Å². The van der Waals surface area contributed by atoms with Crippen molar-refractivity contribution in [2.75, 3.05) is 0 Å². The predicted molar refractivity (Wildman–Crippen MR) is 46.8 cm³/mol. The normalized spacial score (nSPS) is 8.93. The first-order valence-corrected chi connectivity index (χ1v) is 3.86. The molecule has 72 valence electrons. The average molecular weight is 206 g/mol. The van der Waals surface area contributed by atoms with Gasteiger partial charge in [0.25, 0.3) is 0 Å². The van der Waals surface area contributed by atoms with Crippen LogP contribution in [0.2, 0.25) is 0 Å². The second-order valence-corrected chi connectivity index (χ2v) is 2.48. The van der Waals surface area contributed by atoms with Gasteiger partial charge in [-0.05, 0) is 12.1 Å². The van der Waals surface area contributed by atoms with Crippen molar-refractivity contribution in [3.05, 3.63) is 18.2 Å². The molecule has 0 aliphatic heterocycles. The van der Waals surface area contributed by atoms with Gasteiger partial charge in [0.1, 0.15) is 5.75 Å². The van der Waals surface area contributed by atoms with Crippen LogP contribution in [0.1, 0.15) is 14.8 Å². The largest absolute Gasteiger partial charge is 1.00 e. The van der Waals surface area contributed by atoms with Gasteiger partial charge in [-0.1, -0.05) is 6.92 Å². The molecule has 0 aromatic heterocycles. The Balaban J connectivity index is 0. The molecule has 2 N–H and O–H groups in total. The summed E-state index contributed by atoms with van der Waals surface area (Å²) in [5, 5.41) is 18.0. The molecule has 1 rings (SSSR count). The van der Waals surface area contributed by atoms with Crippen molar-refractivity contribution < 1.29 is 50.7 Å². The van der Waals surface area contributed by atoms with E-state index in [1.165, 1.54) is 18.2 Å². The summed E-state index contributed by atoms with van der Waals surface area (Å²) in [6.07, 6.45) is 0.266. The number of carbonyl (C=O) groups is 1. The van der Waals surface area contributed by atoms with Crippen LogP contribution in [-0.4, -0.2) is 16.2 Å². The molecule has 0 atom stereocenters. The Labute approximate surface area is 105 Å². The summed E-state index contributed by atoms with van der Waals surface area (Å²) in [5.74, 6) is -0.704. The molecule has 0 bridgehead atoms. The van der Waals surface area contributed by atoms with E-state index in [9.17, 15) is 4.79 Å². The second kappa shape index (κ2) is 5.90. The Morgan fingerprint density at radius 2 is 2.07 bits per heavy atom. The molecular formula is C9H11NaO4. The fraction of sp³-hybridized carbons (Fsp3) is 0.222. The topological polar surface area (TPSA) is 66.8 Å². The van der Waals surface area contributed by atoms with E-state index in [-0.39, 0.29) is 60.6 Å². The van der Waals surface area contributed by atoms with E-state index in [4.69, 9.17) is 14.9 Å². The summed E-state index contributed by atoms with van der Waals surface area (Å²) in [4.78, 5) is 10.8. The van der Waals surface area contributed by atoms with Crippen molar-refractivity contribution in [1.82, 2.24) is 0 Å². The van der Waals surface area contributed by atoms with Crippen LogP contribution >= 0.6 is 0 Å². The Morgan fingerprint density at radius 3 is 2.57 bits per heavy atom. The Bertz CT molecular complexity index is 330. The molecule has 0 amide bonds. The average Bonchev–Trinajstić information content (AvgIpc) is 2.11. The first-order valence-electron chi connectivity index (χ1n) is 3.86. The predicted octanol–water partition coefficient (Wildman–Crippen LogP) is -1.47. The van der Waals surface area contributed by atoms with Crippen LogP contribution in [0.15, 0.2) is 18.2 Å². The van der Waals surface area contributed by atoms with Gasteiger partial charge in [-0.25, -0.2) is 0 Å². The van der Waals surface area contributed by atoms with E-state index in [1.54, 1.807) is 6.92 Å². The van der Waals surface area contributed by atoms with Gasteiger partial charge in [0.05, 0.1) is 0 Å². The Hall–Kier alpha value is -0.710. The number of esters is 1. The molecule has 14 heavy (non-hydrogen) atoms. The number of phenolic OH excluding ortho intramolecular Hbond substituents is 2. The number of hydrogen-bond acceptors (Lipinski definition) is 4. The first kappa shape index (κ1) is 13.3. The van der Waals surface area contributed by atoms with Crippen LogP contribution in [-0.2, 0) is 4.79 Å². The molecule has 0 aliphatic carbocycles. The zero-order valence-electron chi connectivity index (χ0n) is 9.15. The van der Waals surface area contributed by atoms with Crippen LogP contribution in [0, 0.1) is 0 Å². The van der Waals surface area contributed by atoms with E-state index in [0.717, 1.165) is 0 Å². The van der Waals surface area contributed by atoms with Gasteiger partial charge >= 0.3 is 35.5 Å².